The summed E-state index contributed by atoms with van der Waals surface area (Å²) in [5, 5.41) is 5.51. The van der Waals surface area contributed by atoms with Crippen molar-refractivity contribution in [3.05, 3.63) is 71.5 Å². The molecule has 2 aliphatic rings. The van der Waals surface area contributed by atoms with Crippen LogP contribution in [0.5, 0.6) is 0 Å². The molecule has 0 radical (unpaired) electrons. The van der Waals surface area contributed by atoms with E-state index in [4.69, 9.17) is 9.47 Å². The molecule has 0 saturated carbocycles. The van der Waals surface area contributed by atoms with Gasteiger partial charge in [0.1, 0.15) is 6.54 Å². The van der Waals surface area contributed by atoms with Crippen molar-refractivity contribution in [2.45, 2.75) is 78.1 Å². The Kier molecular flexibility index (Phi) is 16.1. The van der Waals surface area contributed by atoms with Crippen molar-refractivity contribution in [2.75, 3.05) is 53.3 Å². The van der Waals surface area contributed by atoms with Crippen molar-refractivity contribution in [1.29, 1.82) is 0 Å². The van der Waals surface area contributed by atoms with Gasteiger partial charge in [-0.1, -0.05) is 19.9 Å². The number of unbranched alkanes of at least 4 members (excludes halogenated alkanes) is 2. The molecule has 2 aromatic carbocycles. The second-order valence-corrected chi connectivity index (χ2v) is 17.0. The van der Waals surface area contributed by atoms with Gasteiger partial charge >= 0.3 is 63.6 Å². The molecule has 0 atom stereocenters. The smallest absolute Gasteiger partial charge is 0.748 e. The molecule has 17 heteroatoms. The average Bonchev–Trinajstić information content (AvgIpc) is 3.38. The van der Waals surface area contributed by atoms with Crippen LogP contribution < -0.4 is 66.9 Å². The summed E-state index contributed by atoms with van der Waals surface area (Å²) < 4.78 is 80.0. The summed E-state index contributed by atoms with van der Waals surface area (Å²) in [7, 11) is -8.71. The topological polar surface area (TPSA) is 197 Å². The average molecular weight is 813 g/mol. The van der Waals surface area contributed by atoms with E-state index in [1.165, 1.54) is 0 Å². The fourth-order valence-electron chi connectivity index (χ4n) is 6.89. The van der Waals surface area contributed by atoms with E-state index in [0.717, 1.165) is 33.9 Å². The number of rotatable bonds is 16. The van der Waals surface area contributed by atoms with Gasteiger partial charge in [0.2, 0.25) is 5.69 Å². The molecule has 0 unspecified atom stereocenters. The van der Waals surface area contributed by atoms with E-state index in [2.05, 4.69) is 47.8 Å². The summed E-state index contributed by atoms with van der Waals surface area (Å²) in [6, 6.07) is 11.1. The maximum Gasteiger partial charge on any atom is 1.00 e. The molecular formula is C37H49KN4O10S2. The maximum absolute atomic E-state index is 12.2. The van der Waals surface area contributed by atoms with Crippen LogP contribution in [0.15, 0.2) is 60.3 Å². The van der Waals surface area contributed by atoms with Gasteiger partial charge in [0.25, 0.3) is 0 Å². The SMILES string of the molecule is CCOC(=O)Nc1ccc2c(c1)C(C)(C)C(C=C/C=C1/N(CCCCS(=O)(=O)[O-])c3ccc(NC(=O)OCC)cc3C1(C)C)=[N+]2CCCCS(=O)(=O)[O-].[K+]. The summed E-state index contributed by atoms with van der Waals surface area (Å²) in [4.78, 5) is 26.5. The van der Waals surface area contributed by atoms with Crippen LogP contribution in [0.2, 0.25) is 0 Å². The fraction of sp³-hybridized carbons (Fsp3) is 0.486. The van der Waals surface area contributed by atoms with Gasteiger partial charge in [-0.25, -0.2) is 26.4 Å². The van der Waals surface area contributed by atoms with E-state index in [1.807, 2.05) is 42.5 Å². The zero-order chi connectivity index (χ0) is 39.2. The molecule has 2 N–H and O–H groups in total. The predicted molar refractivity (Wildman–Crippen MR) is 202 cm³/mol. The molecule has 290 valence electrons. The van der Waals surface area contributed by atoms with Crippen LogP contribution in [0.1, 0.15) is 78.4 Å². The van der Waals surface area contributed by atoms with Crippen molar-refractivity contribution in [3.63, 3.8) is 0 Å². The van der Waals surface area contributed by atoms with Crippen molar-refractivity contribution < 1.29 is 101 Å². The number of allylic oxidation sites excluding steroid dienone is 4. The van der Waals surface area contributed by atoms with Gasteiger partial charge in [0.05, 0.1) is 38.9 Å². The van der Waals surface area contributed by atoms with E-state index in [0.29, 0.717) is 37.3 Å². The van der Waals surface area contributed by atoms with Crippen molar-refractivity contribution in [3.8, 4) is 0 Å². The minimum absolute atomic E-state index is 0. The van der Waals surface area contributed by atoms with Crippen LogP contribution in [0.4, 0.5) is 32.3 Å². The molecule has 0 saturated heterocycles. The molecule has 4 rings (SSSR count). The first-order valence-corrected chi connectivity index (χ1v) is 20.8. The molecular weight excluding hydrogens is 764 g/mol. The maximum atomic E-state index is 12.2. The summed E-state index contributed by atoms with van der Waals surface area (Å²) in [6.07, 6.45) is 6.05. The number of carbonyl (C=O) groups is 2. The third-order valence-corrected chi connectivity index (χ3v) is 11.0. The number of fused-ring (bicyclic) bond motifs is 2. The van der Waals surface area contributed by atoms with Crippen LogP contribution in [0.25, 0.3) is 0 Å². The monoisotopic (exact) mass is 812 g/mol. The van der Waals surface area contributed by atoms with Crippen molar-refractivity contribution in [2.24, 2.45) is 0 Å². The molecule has 0 bridgehead atoms. The zero-order valence-corrected chi connectivity index (χ0v) is 36.8. The third-order valence-electron chi connectivity index (χ3n) is 9.39. The second kappa shape index (κ2) is 19.0. The van der Waals surface area contributed by atoms with Crippen LogP contribution in [0.3, 0.4) is 0 Å². The standard InChI is InChI=1S/C37H50N4O10S2.K/c1-7-50-34(42)38-26-16-18-30-28(24-26)36(3,4)32(40(30)20-9-11-22-52(44,45)46)14-13-15-33-37(5,6)29-25-27(39-35(43)51-8-2)17-19-31(29)41(33)21-10-12-23-53(47,48)49;/h13-19,24-25H,7-12,20-23H2,1-6H3,(H3-,38,39,42,43,44,45,46,47,48,49);/q;+1/p-1. The first-order chi connectivity index (χ1) is 24.8. The molecule has 54 heavy (non-hydrogen) atoms. The number of hydrogen-bond acceptors (Lipinski definition) is 11. The Morgan fingerprint density at radius 3 is 1.89 bits per heavy atom. The molecule has 2 amide bonds. The Morgan fingerprint density at radius 1 is 0.796 bits per heavy atom. The third kappa shape index (κ3) is 11.7. The van der Waals surface area contributed by atoms with E-state index >= 15 is 0 Å². The van der Waals surface area contributed by atoms with Crippen LogP contribution >= 0.6 is 0 Å². The number of nitrogens with one attached hydrogen (secondary N) is 2. The molecule has 0 spiro atoms. The first-order valence-electron chi connectivity index (χ1n) is 17.6. The predicted octanol–water partition coefficient (Wildman–Crippen LogP) is 3.09. The Balaban J connectivity index is 0.00000784. The van der Waals surface area contributed by atoms with E-state index in [9.17, 15) is 35.5 Å². The summed E-state index contributed by atoms with van der Waals surface area (Å²) in [5.41, 5.74) is 5.43. The van der Waals surface area contributed by atoms with Gasteiger partial charge in [-0.05, 0) is 88.9 Å². The van der Waals surface area contributed by atoms with E-state index < -0.39 is 54.8 Å². The van der Waals surface area contributed by atoms with Crippen LogP contribution in [-0.4, -0.2) is 86.2 Å². The molecule has 2 heterocycles. The van der Waals surface area contributed by atoms with Crippen LogP contribution in [0, 0.1) is 0 Å². The number of amides is 2. The first kappa shape index (κ1) is 45.8. The number of carbonyl (C=O) groups excluding carboxylic acids is 2. The van der Waals surface area contributed by atoms with Gasteiger partial charge in [-0.15, -0.1) is 0 Å². The molecule has 0 aliphatic carbocycles. The molecule has 2 aliphatic heterocycles. The second-order valence-electron chi connectivity index (χ2n) is 13.9. The number of ether oxygens (including phenoxy) is 2. The van der Waals surface area contributed by atoms with Gasteiger partial charge in [0, 0.05) is 70.4 Å². The zero-order valence-electron chi connectivity index (χ0n) is 32.1. The quantitative estimate of drug-likeness (QED) is 0.109. The summed E-state index contributed by atoms with van der Waals surface area (Å²) in [5.74, 6) is -0.917. The number of hydrogen-bond donors (Lipinski definition) is 2. The van der Waals surface area contributed by atoms with E-state index in [1.54, 1.807) is 26.0 Å². The van der Waals surface area contributed by atoms with Crippen molar-refractivity contribution in [1.82, 2.24) is 0 Å². The Labute approximate surface area is 361 Å². The van der Waals surface area contributed by atoms with Crippen molar-refractivity contribution >= 4 is 60.9 Å². The normalized spacial score (nSPS) is 16.6. The Hall–Kier alpha value is -2.61. The van der Waals surface area contributed by atoms with E-state index in [-0.39, 0.29) is 77.4 Å². The van der Waals surface area contributed by atoms with Gasteiger partial charge in [0.15, 0.2) is 5.71 Å². The molecule has 2 aromatic rings. The fourth-order valence-corrected chi connectivity index (χ4v) is 8.00. The number of nitrogens with zero attached hydrogens (tertiary/aromatic N) is 2. The Bertz CT molecular complexity index is 2030. The molecule has 0 aromatic heterocycles. The largest absolute Gasteiger partial charge is 1.00 e. The number of anilines is 3. The van der Waals surface area contributed by atoms with Gasteiger partial charge < -0.3 is 23.5 Å². The van der Waals surface area contributed by atoms with Crippen LogP contribution in [-0.2, 0) is 40.5 Å². The van der Waals surface area contributed by atoms with Gasteiger partial charge in [-0.2, -0.15) is 4.58 Å². The summed E-state index contributed by atoms with van der Waals surface area (Å²) in [6.45, 7) is 13.0. The Morgan fingerprint density at radius 2 is 1.33 bits per heavy atom. The minimum Gasteiger partial charge on any atom is -0.748 e. The number of benzene rings is 2. The van der Waals surface area contributed by atoms with Gasteiger partial charge in [-0.3, -0.25) is 10.6 Å². The molecule has 0 fully saturated rings. The molecule has 14 nitrogen and oxygen atoms in total. The minimum atomic E-state index is -4.35. The summed E-state index contributed by atoms with van der Waals surface area (Å²) >= 11 is 0.